The number of piperazine rings is 1. The number of benzene rings is 2. The van der Waals surface area contributed by atoms with E-state index in [9.17, 15) is 14.1 Å². The SMILES string of the molecule is CC(c1nc2ccc(C(N)=O)cc2c(=O)n1C)N1CCN([S+]([O-])c2ccc(Br)cc2)CC1. The molecule has 10 heteroatoms. The third-order valence-electron chi connectivity index (χ3n) is 5.84. The van der Waals surface area contributed by atoms with E-state index in [4.69, 9.17) is 10.7 Å². The van der Waals surface area contributed by atoms with Crippen LogP contribution < -0.4 is 11.3 Å². The van der Waals surface area contributed by atoms with E-state index in [1.165, 1.54) is 10.6 Å². The van der Waals surface area contributed by atoms with Crippen molar-refractivity contribution in [2.75, 3.05) is 26.2 Å². The van der Waals surface area contributed by atoms with Crippen molar-refractivity contribution in [3.63, 3.8) is 0 Å². The Kier molecular flexibility index (Phi) is 6.68. The molecule has 1 saturated heterocycles. The summed E-state index contributed by atoms with van der Waals surface area (Å²) in [5, 5.41) is 0.370. The van der Waals surface area contributed by atoms with Gasteiger partial charge in [0, 0.05) is 30.2 Å². The van der Waals surface area contributed by atoms with Crippen LogP contribution in [-0.4, -0.2) is 55.4 Å². The lowest BCUT2D eigenvalue weighted by molar-refractivity contribution is 0.100. The van der Waals surface area contributed by atoms with Crippen LogP contribution in [0.5, 0.6) is 0 Å². The van der Waals surface area contributed by atoms with Crippen LogP contribution in [0.3, 0.4) is 0 Å². The van der Waals surface area contributed by atoms with E-state index in [0.29, 0.717) is 42.9 Å². The number of halogens is 1. The second-order valence-electron chi connectivity index (χ2n) is 7.77. The Labute approximate surface area is 197 Å². The minimum absolute atomic E-state index is 0.101. The fraction of sp³-hybridized carbons (Fsp3) is 0.318. The predicted molar refractivity (Wildman–Crippen MR) is 128 cm³/mol. The number of rotatable bonds is 5. The Morgan fingerprint density at radius 1 is 1.16 bits per heavy atom. The molecule has 2 heterocycles. The van der Waals surface area contributed by atoms with Crippen LogP contribution in [0.1, 0.15) is 29.1 Å². The van der Waals surface area contributed by atoms with Crippen LogP contribution in [-0.2, 0) is 18.4 Å². The maximum Gasteiger partial charge on any atom is 0.261 e. The third kappa shape index (κ3) is 4.46. The molecule has 2 unspecified atom stereocenters. The van der Waals surface area contributed by atoms with E-state index in [0.717, 1.165) is 9.37 Å². The van der Waals surface area contributed by atoms with E-state index in [1.54, 1.807) is 19.2 Å². The van der Waals surface area contributed by atoms with Gasteiger partial charge in [0.15, 0.2) is 4.90 Å². The Bertz CT molecular complexity index is 1210. The molecule has 1 aliphatic rings. The second-order valence-corrected chi connectivity index (χ2v) is 10.2. The summed E-state index contributed by atoms with van der Waals surface area (Å²) < 4.78 is 17.3. The summed E-state index contributed by atoms with van der Waals surface area (Å²) in [5.41, 5.74) is 5.95. The summed E-state index contributed by atoms with van der Waals surface area (Å²) in [6.45, 7) is 4.73. The maximum absolute atomic E-state index is 12.9. The number of carbonyl (C=O) groups is 1. The summed E-state index contributed by atoms with van der Waals surface area (Å²) >= 11 is 2.20. The first-order chi connectivity index (χ1) is 15.3. The van der Waals surface area contributed by atoms with Gasteiger partial charge in [0.2, 0.25) is 5.91 Å². The smallest absolute Gasteiger partial charge is 0.261 e. The molecule has 1 amide bonds. The van der Waals surface area contributed by atoms with Gasteiger partial charge in [-0.1, -0.05) is 15.9 Å². The zero-order chi connectivity index (χ0) is 23.0. The zero-order valence-electron chi connectivity index (χ0n) is 17.8. The van der Waals surface area contributed by atoms with Crippen molar-refractivity contribution in [2.24, 2.45) is 12.8 Å². The number of hydrogen-bond donors (Lipinski definition) is 1. The number of aromatic nitrogens is 2. The summed E-state index contributed by atoms with van der Waals surface area (Å²) in [4.78, 5) is 32.1. The standard InChI is InChI=1S/C22H24BrN5O3S/c1-14(21-25-19-8-3-15(20(24)29)13-18(19)22(30)26(21)2)27-9-11-28(12-10-27)32(31)17-6-4-16(23)5-7-17/h3-8,13-14H,9-12H2,1-2H3,(H2,24,29). The van der Waals surface area contributed by atoms with Gasteiger partial charge in [-0.3, -0.25) is 19.1 Å². The van der Waals surface area contributed by atoms with Gasteiger partial charge in [-0.2, -0.15) is 0 Å². The van der Waals surface area contributed by atoms with Crippen LogP contribution in [0.15, 0.2) is 56.6 Å². The Balaban J connectivity index is 1.51. The van der Waals surface area contributed by atoms with Crippen LogP contribution in [0.4, 0.5) is 0 Å². The van der Waals surface area contributed by atoms with Gasteiger partial charge in [0.05, 0.1) is 41.4 Å². The predicted octanol–water partition coefficient (Wildman–Crippen LogP) is 2.20. The summed E-state index contributed by atoms with van der Waals surface area (Å²) in [5.74, 6) is 0.0709. The molecule has 8 nitrogen and oxygen atoms in total. The largest absolute Gasteiger partial charge is 0.593 e. The Hall–Kier alpha value is -2.24. The van der Waals surface area contributed by atoms with E-state index >= 15 is 0 Å². The monoisotopic (exact) mass is 517 g/mol. The normalized spacial score (nSPS) is 17.4. The van der Waals surface area contributed by atoms with Gasteiger partial charge in [0.25, 0.3) is 5.56 Å². The molecule has 1 aromatic heterocycles. The van der Waals surface area contributed by atoms with Gasteiger partial charge in [-0.15, -0.1) is 4.31 Å². The topological polar surface area (TPSA) is 108 Å². The van der Waals surface area contributed by atoms with Crippen molar-refractivity contribution >= 4 is 44.1 Å². The van der Waals surface area contributed by atoms with Crippen molar-refractivity contribution in [1.82, 2.24) is 18.8 Å². The highest BCUT2D eigenvalue weighted by Crippen LogP contribution is 2.24. The summed E-state index contributed by atoms with van der Waals surface area (Å²) in [6.07, 6.45) is 0. The molecule has 0 radical (unpaired) electrons. The quantitative estimate of drug-likeness (QED) is 0.519. The van der Waals surface area contributed by atoms with Crippen LogP contribution >= 0.6 is 15.9 Å². The van der Waals surface area contributed by atoms with Crippen molar-refractivity contribution < 1.29 is 9.35 Å². The number of hydrogen-bond acceptors (Lipinski definition) is 6. The molecule has 3 aromatic rings. The molecule has 4 rings (SSSR count). The lowest BCUT2D eigenvalue weighted by Crippen LogP contribution is -2.49. The van der Waals surface area contributed by atoms with Crippen molar-refractivity contribution in [1.29, 1.82) is 0 Å². The van der Waals surface area contributed by atoms with Gasteiger partial charge in [0.1, 0.15) is 5.82 Å². The second kappa shape index (κ2) is 9.32. The molecule has 0 saturated carbocycles. The summed E-state index contributed by atoms with van der Waals surface area (Å²) in [6, 6.07) is 12.2. The molecule has 2 atom stereocenters. The number of fused-ring (bicyclic) bond motifs is 1. The molecule has 168 valence electrons. The van der Waals surface area contributed by atoms with E-state index in [-0.39, 0.29) is 17.2 Å². The van der Waals surface area contributed by atoms with Crippen molar-refractivity contribution in [3.05, 3.63) is 68.7 Å². The number of carbonyl (C=O) groups excluding carboxylic acids is 1. The Morgan fingerprint density at radius 2 is 1.81 bits per heavy atom. The number of amides is 1. The van der Waals surface area contributed by atoms with E-state index in [1.807, 2.05) is 35.5 Å². The average Bonchev–Trinajstić information content (AvgIpc) is 2.80. The van der Waals surface area contributed by atoms with Crippen LogP contribution in [0.2, 0.25) is 0 Å². The fourth-order valence-electron chi connectivity index (χ4n) is 3.93. The lowest BCUT2D eigenvalue weighted by atomic mass is 10.1. The average molecular weight is 518 g/mol. The molecule has 0 spiro atoms. The lowest BCUT2D eigenvalue weighted by Gasteiger charge is -2.37. The van der Waals surface area contributed by atoms with Gasteiger partial charge in [-0.25, -0.2) is 4.98 Å². The first-order valence-electron chi connectivity index (χ1n) is 10.2. The van der Waals surface area contributed by atoms with Crippen LogP contribution in [0, 0.1) is 0 Å². The van der Waals surface area contributed by atoms with Gasteiger partial charge in [-0.05, 0) is 49.4 Å². The first-order valence-corrected chi connectivity index (χ1v) is 12.1. The molecule has 0 bridgehead atoms. The third-order valence-corrected chi connectivity index (χ3v) is 7.88. The van der Waals surface area contributed by atoms with E-state index < -0.39 is 17.3 Å². The number of primary amides is 1. The molecule has 2 N–H and O–H groups in total. The minimum Gasteiger partial charge on any atom is -0.593 e. The van der Waals surface area contributed by atoms with Gasteiger partial charge >= 0.3 is 0 Å². The van der Waals surface area contributed by atoms with Crippen LogP contribution in [0.25, 0.3) is 10.9 Å². The fourth-order valence-corrected chi connectivity index (χ4v) is 5.36. The molecule has 32 heavy (non-hydrogen) atoms. The molecular weight excluding hydrogens is 494 g/mol. The zero-order valence-corrected chi connectivity index (χ0v) is 20.2. The molecule has 0 aliphatic carbocycles. The number of nitrogens with zero attached hydrogens (tertiary/aromatic N) is 4. The minimum atomic E-state index is -1.21. The number of nitrogens with two attached hydrogens (primary N) is 1. The summed E-state index contributed by atoms with van der Waals surface area (Å²) in [7, 11) is 1.69. The van der Waals surface area contributed by atoms with Crippen molar-refractivity contribution in [2.45, 2.75) is 17.9 Å². The highest BCUT2D eigenvalue weighted by molar-refractivity contribution is 9.10. The Morgan fingerprint density at radius 3 is 2.44 bits per heavy atom. The molecule has 2 aromatic carbocycles. The molecular formula is C22H24BrN5O3S. The first kappa shape index (κ1) is 22.9. The van der Waals surface area contributed by atoms with Crippen molar-refractivity contribution in [3.8, 4) is 0 Å². The maximum atomic E-state index is 12.9. The van der Waals surface area contributed by atoms with E-state index in [2.05, 4.69) is 20.8 Å². The molecule has 1 aliphatic heterocycles. The highest BCUT2D eigenvalue weighted by atomic mass is 79.9. The highest BCUT2D eigenvalue weighted by Gasteiger charge is 2.31. The van der Waals surface area contributed by atoms with Gasteiger partial charge < -0.3 is 10.3 Å². The molecule has 1 fully saturated rings.